The van der Waals surface area contributed by atoms with Crippen LogP contribution in [0.15, 0.2) is 30.3 Å². The molecule has 1 aliphatic heterocycles. The van der Waals surface area contributed by atoms with Crippen molar-refractivity contribution in [3.05, 3.63) is 35.9 Å². The molecule has 138 valence electrons. The Morgan fingerprint density at radius 1 is 1.40 bits per heavy atom. The van der Waals surface area contributed by atoms with Crippen molar-refractivity contribution in [2.45, 2.75) is 19.1 Å². The van der Waals surface area contributed by atoms with Gasteiger partial charge in [0.2, 0.25) is 0 Å². The number of alkyl carbamates (subject to hydrolysis) is 1. The smallest absolute Gasteiger partial charge is 0.408 e. The number of carbonyl (C=O) groups excluding carboxylic acids is 2. The average Bonchev–Trinajstić information content (AvgIpc) is 2.86. The Morgan fingerprint density at radius 2 is 2.04 bits per heavy atom. The fourth-order valence-corrected chi connectivity index (χ4v) is 4.78. The van der Waals surface area contributed by atoms with Crippen molar-refractivity contribution < 1.29 is 31.9 Å². The highest BCUT2D eigenvalue weighted by molar-refractivity contribution is 7.90. The highest BCUT2D eigenvalue weighted by Crippen LogP contribution is 2.40. The molecule has 1 aromatic rings. The third kappa shape index (κ3) is 5.51. The molecular weight excluding hydrogens is 375 g/mol. The molecule has 1 unspecified atom stereocenters. The lowest BCUT2D eigenvalue weighted by atomic mass is 10.2. The minimum Gasteiger partial charge on any atom is -0.445 e. The maximum absolute atomic E-state index is 12.1. The van der Waals surface area contributed by atoms with Crippen LogP contribution in [0.3, 0.4) is 0 Å². The molecule has 25 heavy (non-hydrogen) atoms. The summed E-state index contributed by atoms with van der Waals surface area (Å²) in [5.41, 5.74) is 6.04. The zero-order valence-electron chi connectivity index (χ0n) is 12.9. The van der Waals surface area contributed by atoms with Crippen molar-refractivity contribution in [2.24, 2.45) is 5.50 Å². The molecule has 11 nitrogen and oxygen atoms in total. The van der Waals surface area contributed by atoms with Crippen LogP contribution in [-0.4, -0.2) is 42.2 Å². The molecule has 5 N–H and O–H groups in total. The lowest BCUT2D eigenvalue weighted by Gasteiger charge is -2.23. The van der Waals surface area contributed by atoms with Crippen molar-refractivity contribution in [3.63, 3.8) is 0 Å². The first-order valence-corrected chi connectivity index (χ1v) is 10.2. The highest BCUT2D eigenvalue weighted by atomic mass is 32.2. The van der Waals surface area contributed by atoms with E-state index in [1.807, 2.05) is 0 Å². The maximum atomic E-state index is 12.1. The molecule has 1 saturated heterocycles. The number of nitrogens with zero attached hydrogens (tertiary/aromatic N) is 1. The van der Waals surface area contributed by atoms with Crippen molar-refractivity contribution in [1.82, 2.24) is 14.5 Å². The molecule has 1 aliphatic rings. The van der Waals surface area contributed by atoms with Crippen LogP contribution < -0.4 is 15.3 Å². The molecule has 0 spiro atoms. The van der Waals surface area contributed by atoms with Crippen LogP contribution in [0.2, 0.25) is 0 Å². The number of rotatable bonds is 6. The van der Waals surface area contributed by atoms with E-state index in [9.17, 15) is 22.6 Å². The molecule has 2 atom stereocenters. The SMILES string of the molecule is NP(=O)(NS(=O)(=O)O)N1CC[C@H](NC(=O)OCc2ccccc2)C1=O. The van der Waals surface area contributed by atoms with Crippen LogP contribution in [0, 0.1) is 0 Å². The van der Waals surface area contributed by atoms with Gasteiger partial charge in [0.25, 0.3) is 5.91 Å². The molecule has 1 fully saturated rings. The van der Waals surface area contributed by atoms with Crippen LogP contribution in [0.25, 0.3) is 0 Å². The number of carbonyl (C=O) groups is 2. The number of ether oxygens (including phenoxy) is 1. The van der Waals surface area contributed by atoms with Gasteiger partial charge in [-0.05, 0) is 12.0 Å². The Bertz CT molecular complexity index is 801. The van der Waals surface area contributed by atoms with Crippen molar-refractivity contribution >= 4 is 29.9 Å². The van der Waals surface area contributed by atoms with E-state index in [0.717, 1.165) is 5.56 Å². The van der Waals surface area contributed by atoms with E-state index in [4.69, 9.17) is 14.8 Å². The molecular formula is C12H17N4O7PS. The van der Waals surface area contributed by atoms with Crippen LogP contribution in [0.4, 0.5) is 4.79 Å². The van der Waals surface area contributed by atoms with E-state index in [0.29, 0.717) is 4.67 Å². The number of benzene rings is 1. The first kappa shape index (κ1) is 19.3. The van der Waals surface area contributed by atoms with Crippen LogP contribution >= 0.6 is 7.59 Å². The summed E-state index contributed by atoms with van der Waals surface area (Å²) in [5, 5.41) is 2.30. The number of amides is 2. The Labute approximate surface area is 143 Å². The minimum atomic E-state index is -4.87. The van der Waals surface area contributed by atoms with Gasteiger partial charge in [-0.15, -0.1) is 4.49 Å². The van der Waals surface area contributed by atoms with Gasteiger partial charge in [0, 0.05) is 6.54 Å². The summed E-state index contributed by atoms with van der Waals surface area (Å²) in [6.45, 7) is -0.171. The molecule has 13 heteroatoms. The topological polar surface area (TPSA) is 168 Å². The Hall–Kier alpha value is -1.98. The van der Waals surface area contributed by atoms with Crippen molar-refractivity contribution in [2.75, 3.05) is 6.54 Å². The van der Waals surface area contributed by atoms with E-state index < -0.39 is 35.9 Å². The Morgan fingerprint density at radius 3 is 2.64 bits per heavy atom. The number of hydrogen-bond donors (Lipinski definition) is 4. The molecule has 0 aliphatic carbocycles. The Kier molecular flexibility index (Phi) is 5.80. The highest BCUT2D eigenvalue weighted by Gasteiger charge is 2.43. The zero-order valence-corrected chi connectivity index (χ0v) is 14.6. The first-order valence-electron chi connectivity index (χ1n) is 7.03. The van der Waals surface area contributed by atoms with Gasteiger partial charge >= 0.3 is 24.0 Å². The molecule has 0 saturated carbocycles. The molecule has 0 aromatic heterocycles. The third-order valence-corrected chi connectivity index (χ3v) is 6.38. The Balaban J connectivity index is 1.91. The summed E-state index contributed by atoms with van der Waals surface area (Å²) in [4.78, 5) is 23.9. The normalized spacial score (nSPS) is 20.2. The van der Waals surface area contributed by atoms with Gasteiger partial charge in [-0.25, -0.2) is 4.79 Å². The second-order valence-corrected chi connectivity index (χ2v) is 8.61. The summed E-state index contributed by atoms with van der Waals surface area (Å²) in [5.74, 6) is -0.848. The zero-order chi connectivity index (χ0) is 18.7. The lowest BCUT2D eigenvalue weighted by Crippen LogP contribution is -2.43. The molecule has 0 radical (unpaired) electrons. The average molecular weight is 392 g/mol. The largest absolute Gasteiger partial charge is 0.445 e. The van der Waals surface area contributed by atoms with Gasteiger partial charge in [-0.3, -0.25) is 24.1 Å². The van der Waals surface area contributed by atoms with Crippen LogP contribution in [0.1, 0.15) is 12.0 Å². The van der Waals surface area contributed by atoms with E-state index in [2.05, 4.69) is 5.32 Å². The van der Waals surface area contributed by atoms with Gasteiger partial charge in [-0.2, -0.15) is 8.42 Å². The third-order valence-electron chi connectivity index (χ3n) is 3.29. The summed E-state index contributed by atoms with van der Waals surface area (Å²) < 4.78 is 49.1. The van der Waals surface area contributed by atoms with E-state index in [1.54, 1.807) is 30.3 Å². The first-order chi connectivity index (χ1) is 11.6. The number of hydrogen-bond acceptors (Lipinski definition) is 6. The quantitative estimate of drug-likeness (QED) is 0.387. The van der Waals surface area contributed by atoms with Crippen molar-refractivity contribution in [1.29, 1.82) is 0 Å². The summed E-state index contributed by atoms with van der Waals surface area (Å²) in [6, 6.07) is 7.79. The molecule has 1 heterocycles. The standard InChI is InChI=1S/C12H17N4O7PS/c13-24(19,15-25(20,21)22)16-7-6-10(11(16)17)14-12(18)23-8-9-4-2-1-3-5-9/h1-5,10H,6-8H2,(H,14,18)(H3,13,15,19)(H,20,21,22)/t10-,24?/m0/s1. The van der Waals surface area contributed by atoms with Gasteiger partial charge in [0.05, 0.1) is 0 Å². The molecule has 2 rings (SSSR count). The predicted octanol–water partition coefficient (Wildman–Crippen LogP) is -0.0271. The lowest BCUT2D eigenvalue weighted by molar-refractivity contribution is -0.125. The second-order valence-electron chi connectivity index (χ2n) is 5.20. The van der Waals surface area contributed by atoms with Gasteiger partial charge in [-0.1, -0.05) is 30.3 Å². The van der Waals surface area contributed by atoms with Gasteiger partial charge in [0.1, 0.15) is 12.6 Å². The van der Waals surface area contributed by atoms with E-state index in [1.165, 1.54) is 4.49 Å². The number of nitrogens with one attached hydrogen (secondary N) is 2. The summed E-state index contributed by atoms with van der Waals surface area (Å²) >= 11 is 0. The molecule has 2 amide bonds. The summed E-state index contributed by atoms with van der Waals surface area (Å²) in [7, 11) is -9.22. The van der Waals surface area contributed by atoms with Crippen molar-refractivity contribution in [3.8, 4) is 0 Å². The fourth-order valence-electron chi connectivity index (χ4n) is 2.22. The van der Waals surface area contributed by atoms with Gasteiger partial charge in [0.15, 0.2) is 0 Å². The fraction of sp³-hybridized carbons (Fsp3) is 0.333. The monoisotopic (exact) mass is 392 g/mol. The van der Waals surface area contributed by atoms with E-state index in [-0.39, 0.29) is 19.6 Å². The minimum absolute atomic E-state index is 0.00298. The van der Waals surface area contributed by atoms with Crippen LogP contribution in [-0.2, 0) is 31.0 Å². The summed E-state index contributed by atoms with van der Waals surface area (Å²) in [6.07, 6.45) is -0.813. The second kappa shape index (κ2) is 7.50. The molecule has 0 bridgehead atoms. The van der Waals surface area contributed by atoms with E-state index >= 15 is 0 Å². The predicted molar refractivity (Wildman–Crippen MR) is 86.4 cm³/mol. The van der Waals surface area contributed by atoms with Gasteiger partial charge < -0.3 is 10.1 Å². The van der Waals surface area contributed by atoms with Crippen LogP contribution in [0.5, 0.6) is 0 Å². The number of nitrogens with two attached hydrogens (primary N) is 1. The maximum Gasteiger partial charge on any atom is 0.408 e. The molecule has 1 aromatic carbocycles.